The monoisotopic (exact) mass is 338 g/mol. The number of halogens is 1. The van der Waals surface area contributed by atoms with Crippen LogP contribution in [0.25, 0.3) is 10.9 Å². The van der Waals surface area contributed by atoms with Gasteiger partial charge in [-0.1, -0.05) is 30.3 Å². The lowest BCUT2D eigenvalue weighted by Crippen LogP contribution is -2.38. The minimum atomic E-state index is -0.209. The highest BCUT2D eigenvalue weighted by molar-refractivity contribution is 5.83. The van der Waals surface area contributed by atoms with E-state index in [1.54, 1.807) is 12.1 Å². The van der Waals surface area contributed by atoms with Crippen molar-refractivity contribution in [3.8, 4) is 0 Å². The summed E-state index contributed by atoms with van der Waals surface area (Å²) in [5, 5.41) is 7.53. The Kier molecular flexibility index (Phi) is 5.67. The highest BCUT2D eigenvalue weighted by Gasteiger charge is 2.05. The second kappa shape index (κ2) is 8.33. The van der Waals surface area contributed by atoms with Gasteiger partial charge < -0.3 is 15.6 Å². The van der Waals surface area contributed by atoms with E-state index >= 15 is 0 Å². The summed E-state index contributed by atoms with van der Waals surface area (Å²) in [6.45, 7) is 4.21. The van der Waals surface area contributed by atoms with Gasteiger partial charge in [-0.2, -0.15) is 0 Å². The number of guanidine groups is 1. The fraction of sp³-hybridized carbons (Fsp3) is 0.250. The Balaban J connectivity index is 1.60. The molecule has 1 aromatic heterocycles. The van der Waals surface area contributed by atoms with Crippen molar-refractivity contribution < 1.29 is 4.39 Å². The van der Waals surface area contributed by atoms with E-state index < -0.39 is 0 Å². The summed E-state index contributed by atoms with van der Waals surface area (Å²) < 4.78 is 13.4. The van der Waals surface area contributed by atoms with E-state index in [0.29, 0.717) is 6.54 Å². The van der Waals surface area contributed by atoms with Gasteiger partial charge >= 0.3 is 0 Å². The van der Waals surface area contributed by atoms with Gasteiger partial charge in [0.15, 0.2) is 5.96 Å². The fourth-order valence-electron chi connectivity index (χ4n) is 2.77. The molecule has 0 aliphatic carbocycles. The summed E-state index contributed by atoms with van der Waals surface area (Å²) >= 11 is 0. The topological polar surface area (TPSA) is 52.2 Å². The van der Waals surface area contributed by atoms with Crippen molar-refractivity contribution in [1.82, 2.24) is 15.6 Å². The third-order valence-electron chi connectivity index (χ3n) is 4.02. The Hall–Kier alpha value is -2.82. The van der Waals surface area contributed by atoms with Crippen LogP contribution < -0.4 is 10.6 Å². The van der Waals surface area contributed by atoms with Crippen LogP contribution in [0.3, 0.4) is 0 Å². The van der Waals surface area contributed by atoms with E-state index in [0.717, 1.165) is 41.9 Å². The minimum absolute atomic E-state index is 0.209. The van der Waals surface area contributed by atoms with Crippen molar-refractivity contribution in [2.24, 2.45) is 4.99 Å². The molecule has 3 aromatic rings. The molecule has 3 rings (SSSR count). The molecule has 3 N–H and O–H groups in total. The third-order valence-corrected chi connectivity index (χ3v) is 4.02. The zero-order valence-electron chi connectivity index (χ0n) is 14.3. The molecule has 130 valence electrons. The summed E-state index contributed by atoms with van der Waals surface area (Å²) in [6.07, 6.45) is 2.74. The van der Waals surface area contributed by atoms with Crippen molar-refractivity contribution in [1.29, 1.82) is 0 Å². The van der Waals surface area contributed by atoms with Crippen LogP contribution in [0.2, 0.25) is 0 Å². The average Bonchev–Trinajstić information content (AvgIpc) is 3.03. The van der Waals surface area contributed by atoms with E-state index in [-0.39, 0.29) is 5.82 Å². The molecule has 0 fully saturated rings. The number of nitrogens with zero attached hydrogens (tertiary/aromatic N) is 1. The summed E-state index contributed by atoms with van der Waals surface area (Å²) in [5.74, 6) is 0.580. The molecule has 0 aliphatic heterocycles. The number of aromatic amines is 1. The van der Waals surface area contributed by atoms with Gasteiger partial charge in [-0.15, -0.1) is 0 Å². The summed E-state index contributed by atoms with van der Waals surface area (Å²) in [4.78, 5) is 7.79. The minimum Gasteiger partial charge on any atom is -0.361 e. The van der Waals surface area contributed by atoms with Gasteiger partial charge in [0.1, 0.15) is 5.82 Å². The SMILES string of the molecule is CCNC(=NCc1ccccc1)NCCc1c[nH]c2ccc(F)cc12. The molecule has 0 bridgehead atoms. The van der Waals surface area contributed by atoms with E-state index in [4.69, 9.17) is 0 Å². The van der Waals surface area contributed by atoms with Crippen LogP contribution in [-0.4, -0.2) is 24.0 Å². The van der Waals surface area contributed by atoms with Crippen molar-refractivity contribution >= 4 is 16.9 Å². The first kappa shape index (κ1) is 17.0. The molecule has 0 unspecified atom stereocenters. The number of benzene rings is 2. The van der Waals surface area contributed by atoms with Crippen LogP contribution in [-0.2, 0) is 13.0 Å². The van der Waals surface area contributed by atoms with E-state index in [9.17, 15) is 4.39 Å². The van der Waals surface area contributed by atoms with E-state index in [1.807, 2.05) is 31.3 Å². The number of hydrogen-bond donors (Lipinski definition) is 3. The predicted molar refractivity (Wildman–Crippen MR) is 101 cm³/mol. The number of H-pyrrole nitrogens is 1. The van der Waals surface area contributed by atoms with Crippen molar-refractivity contribution in [2.45, 2.75) is 19.9 Å². The van der Waals surface area contributed by atoms with Gasteiger partial charge in [-0.25, -0.2) is 9.38 Å². The largest absolute Gasteiger partial charge is 0.361 e. The lowest BCUT2D eigenvalue weighted by Gasteiger charge is -2.11. The molecule has 2 aromatic carbocycles. The molecule has 4 nitrogen and oxygen atoms in total. The number of aromatic nitrogens is 1. The van der Waals surface area contributed by atoms with Gasteiger partial charge in [0, 0.05) is 30.2 Å². The lowest BCUT2D eigenvalue weighted by molar-refractivity contribution is 0.629. The lowest BCUT2D eigenvalue weighted by atomic mass is 10.1. The predicted octanol–water partition coefficient (Wildman–Crippen LogP) is 3.60. The second-order valence-electron chi connectivity index (χ2n) is 5.86. The highest BCUT2D eigenvalue weighted by Crippen LogP contribution is 2.19. The molecule has 0 atom stereocenters. The van der Waals surface area contributed by atoms with Gasteiger partial charge in [-0.05, 0) is 42.7 Å². The molecule has 0 saturated carbocycles. The number of hydrogen-bond acceptors (Lipinski definition) is 1. The van der Waals surface area contributed by atoms with Gasteiger partial charge in [0.25, 0.3) is 0 Å². The Labute approximate surface area is 147 Å². The Bertz CT molecular complexity index is 839. The van der Waals surface area contributed by atoms with Crippen molar-refractivity contribution in [3.05, 3.63) is 71.7 Å². The normalized spacial score (nSPS) is 11.7. The number of nitrogens with one attached hydrogen (secondary N) is 3. The molecule has 0 amide bonds. The summed E-state index contributed by atoms with van der Waals surface area (Å²) in [6, 6.07) is 15.0. The zero-order valence-corrected chi connectivity index (χ0v) is 14.3. The highest BCUT2D eigenvalue weighted by atomic mass is 19.1. The fourth-order valence-corrected chi connectivity index (χ4v) is 2.77. The van der Waals surface area contributed by atoms with Crippen molar-refractivity contribution in [3.63, 3.8) is 0 Å². The summed E-state index contributed by atoms with van der Waals surface area (Å²) in [7, 11) is 0. The molecule has 25 heavy (non-hydrogen) atoms. The zero-order chi connectivity index (χ0) is 17.5. The first-order valence-corrected chi connectivity index (χ1v) is 8.58. The molecular weight excluding hydrogens is 315 g/mol. The first-order valence-electron chi connectivity index (χ1n) is 8.58. The quantitative estimate of drug-likeness (QED) is 0.475. The average molecular weight is 338 g/mol. The smallest absolute Gasteiger partial charge is 0.191 e. The van der Waals surface area contributed by atoms with E-state index in [2.05, 4.69) is 32.7 Å². The second-order valence-corrected chi connectivity index (χ2v) is 5.86. The number of rotatable bonds is 6. The molecule has 5 heteroatoms. The standard InChI is InChI=1S/C20H23FN4/c1-2-22-20(25-13-15-6-4-3-5-7-15)23-11-10-16-14-24-19-9-8-17(21)12-18(16)19/h3-9,12,14,24H,2,10-11,13H2,1H3,(H2,22,23,25). The first-order chi connectivity index (χ1) is 12.3. The van der Waals surface area contributed by atoms with Crippen LogP contribution in [0.5, 0.6) is 0 Å². The van der Waals surface area contributed by atoms with Crippen molar-refractivity contribution in [2.75, 3.05) is 13.1 Å². The van der Waals surface area contributed by atoms with Gasteiger partial charge in [0.2, 0.25) is 0 Å². The molecule has 1 heterocycles. The van der Waals surface area contributed by atoms with Crippen LogP contribution in [0.1, 0.15) is 18.1 Å². The van der Waals surface area contributed by atoms with Crippen LogP contribution >= 0.6 is 0 Å². The Morgan fingerprint density at radius 1 is 1.12 bits per heavy atom. The number of aliphatic imine (C=N–C) groups is 1. The van der Waals surface area contributed by atoms with Crippen LogP contribution in [0, 0.1) is 5.82 Å². The maximum absolute atomic E-state index is 13.4. The Morgan fingerprint density at radius 3 is 2.76 bits per heavy atom. The summed E-state index contributed by atoms with van der Waals surface area (Å²) in [5.41, 5.74) is 3.23. The van der Waals surface area contributed by atoms with Gasteiger partial charge in [-0.3, -0.25) is 0 Å². The Morgan fingerprint density at radius 2 is 1.96 bits per heavy atom. The molecule has 0 radical (unpaired) electrons. The molecule has 0 spiro atoms. The molecule has 0 saturated heterocycles. The maximum Gasteiger partial charge on any atom is 0.191 e. The molecular formula is C20H23FN4. The molecule has 0 aliphatic rings. The van der Waals surface area contributed by atoms with E-state index in [1.165, 1.54) is 11.6 Å². The van der Waals surface area contributed by atoms with Crippen LogP contribution in [0.4, 0.5) is 4.39 Å². The number of fused-ring (bicyclic) bond motifs is 1. The van der Waals surface area contributed by atoms with Crippen LogP contribution in [0.15, 0.2) is 59.7 Å². The van der Waals surface area contributed by atoms with Gasteiger partial charge in [0.05, 0.1) is 6.54 Å². The third kappa shape index (κ3) is 4.59. The maximum atomic E-state index is 13.4.